The molecule has 0 unspecified atom stereocenters. The summed E-state index contributed by atoms with van der Waals surface area (Å²) < 4.78 is 12.6. The molecule has 0 radical (unpaired) electrons. The Labute approximate surface area is 263 Å². The van der Waals surface area contributed by atoms with Gasteiger partial charge in [-0.1, -0.05) is 109 Å². The fourth-order valence-electron chi connectivity index (χ4n) is 6.00. The van der Waals surface area contributed by atoms with E-state index in [4.69, 9.17) is 28.8 Å². The summed E-state index contributed by atoms with van der Waals surface area (Å²) in [6.07, 6.45) is 0. The summed E-state index contributed by atoms with van der Waals surface area (Å²) in [6.45, 7) is 0. The molecule has 3 aromatic heterocycles. The number of rotatable bonds is 5. The molecule has 0 amide bonds. The SMILES string of the molecule is c1ccc(-c2nc(-c3ccccc3)nc(-c3cccc4oc5ccc(-c6cccc7oc(-c8ccccc8)nc67)cc5c34)n2)cc1. The zero-order valence-corrected chi connectivity index (χ0v) is 24.5. The third-order valence-corrected chi connectivity index (χ3v) is 8.19. The van der Waals surface area contributed by atoms with Crippen molar-refractivity contribution in [2.24, 2.45) is 0 Å². The number of aromatic nitrogens is 4. The summed E-state index contributed by atoms with van der Waals surface area (Å²) in [6, 6.07) is 48.3. The predicted molar refractivity (Wildman–Crippen MR) is 182 cm³/mol. The van der Waals surface area contributed by atoms with E-state index in [9.17, 15) is 0 Å². The van der Waals surface area contributed by atoms with Gasteiger partial charge in [-0.2, -0.15) is 0 Å². The van der Waals surface area contributed by atoms with Crippen LogP contribution in [-0.4, -0.2) is 19.9 Å². The Kier molecular flexibility index (Phi) is 6.03. The summed E-state index contributed by atoms with van der Waals surface area (Å²) in [5.74, 6) is 2.40. The van der Waals surface area contributed by atoms with Crippen LogP contribution in [0.25, 0.3) is 89.8 Å². The van der Waals surface area contributed by atoms with Crippen LogP contribution < -0.4 is 0 Å². The van der Waals surface area contributed by atoms with Crippen molar-refractivity contribution in [2.75, 3.05) is 0 Å². The van der Waals surface area contributed by atoms with E-state index < -0.39 is 0 Å². The van der Waals surface area contributed by atoms with E-state index in [1.807, 2.05) is 127 Å². The molecule has 6 nitrogen and oxygen atoms in total. The average molecular weight is 593 g/mol. The second-order valence-electron chi connectivity index (χ2n) is 11.1. The van der Waals surface area contributed by atoms with Crippen molar-refractivity contribution in [3.8, 4) is 56.7 Å². The topological polar surface area (TPSA) is 77.8 Å². The Morgan fingerprint density at radius 3 is 1.63 bits per heavy atom. The van der Waals surface area contributed by atoms with Gasteiger partial charge in [0.1, 0.15) is 16.7 Å². The van der Waals surface area contributed by atoms with Crippen LogP contribution in [0.5, 0.6) is 0 Å². The highest BCUT2D eigenvalue weighted by molar-refractivity contribution is 6.13. The first-order chi connectivity index (χ1) is 22.8. The summed E-state index contributed by atoms with van der Waals surface area (Å²) >= 11 is 0. The van der Waals surface area contributed by atoms with Crippen LogP contribution in [-0.2, 0) is 0 Å². The number of para-hydroxylation sites is 1. The molecule has 0 spiro atoms. The van der Waals surface area contributed by atoms with Crippen LogP contribution in [0.2, 0.25) is 0 Å². The molecule has 9 rings (SSSR count). The fraction of sp³-hybridized carbons (Fsp3) is 0. The average Bonchev–Trinajstić information content (AvgIpc) is 3.74. The number of hydrogen-bond donors (Lipinski definition) is 0. The van der Waals surface area contributed by atoms with Gasteiger partial charge in [-0.25, -0.2) is 19.9 Å². The number of hydrogen-bond acceptors (Lipinski definition) is 6. The Hall–Kier alpha value is -6.40. The van der Waals surface area contributed by atoms with E-state index in [1.165, 1.54) is 0 Å². The van der Waals surface area contributed by atoms with Gasteiger partial charge in [0.15, 0.2) is 23.1 Å². The number of furan rings is 1. The van der Waals surface area contributed by atoms with E-state index in [2.05, 4.69) is 18.2 Å². The van der Waals surface area contributed by atoms with E-state index in [1.54, 1.807) is 0 Å². The standard InChI is InChI=1S/C40H24N4O2/c1-4-12-25(13-5-1)37-42-38(26-14-6-2-7-15-26)44-39(43-37)30-19-11-20-33-35(30)31-24-28(22-23-32(31)45-33)29-18-10-21-34-36(29)41-40(46-34)27-16-8-3-9-17-27/h1-24H. The van der Waals surface area contributed by atoms with E-state index in [0.717, 1.165) is 66.4 Å². The minimum atomic E-state index is 0.581. The summed E-state index contributed by atoms with van der Waals surface area (Å²) in [7, 11) is 0. The van der Waals surface area contributed by atoms with Crippen molar-refractivity contribution < 1.29 is 8.83 Å². The monoisotopic (exact) mass is 592 g/mol. The molecule has 0 fully saturated rings. The summed E-state index contributed by atoms with van der Waals surface area (Å²) in [4.78, 5) is 19.8. The fourth-order valence-corrected chi connectivity index (χ4v) is 6.00. The van der Waals surface area contributed by atoms with Gasteiger partial charge in [-0.05, 0) is 42.0 Å². The lowest BCUT2D eigenvalue weighted by Gasteiger charge is -2.09. The molecule has 3 heterocycles. The van der Waals surface area contributed by atoms with Gasteiger partial charge in [0, 0.05) is 38.6 Å². The number of oxazole rings is 1. The quantitative estimate of drug-likeness (QED) is 0.198. The van der Waals surface area contributed by atoms with Crippen molar-refractivity contribution in [1.82, 2.24) is 19.9 Å². The number of fused-ring (bicyclic) bond motifs is 4. The lowest BCUT2D eigenvalue weighted by molar-refractivity contribution is 0.620. The molecule has 6 aromatic carbocycles. The van der Waals surface area contributed by atoms with Crippen molar-refractivity contribution in [2.45, 2.75) is 0 Å². The number of nitrogens with zero attached hydrogens (tertiary/aromatic N) is 4. The molecule has 0 atom stereocenters. The van der Waals surface area contributed by atoms with E-state index in [-0.39, 0.29) is 0 Å². The van der Waals surface area contributed by atoms with Crippen LogP contribution in [0.15, 0.2) is 154 Å². The van der Waals surface area contributed by atoms with E-state index >= 15 is 0 Å². The summed E-state index contributed by atoms with van der Waals surface area (Å²) in [5.41, 5.74) is 8.74. The van der Waals surface area contributed by atoms with Gasteiger partial charge in [-0.15, -0.1) is 0 Å². The van der Waals surface area contributed by atoms with Crippen molar-refractivity contribution in [3.05, 3.63) is 146 Å². The van der Waals surface area contributed by atoms with Gasteiger partial charge < -0.3 is 8.83 Å². The van der Waals surface area contributed by atoms with Crippen LogP contribution in [0.3, 0.4) is 0 Å². The highest BCUT2D eigenvalue weighted by atomic mass is 16.3. The van der Waals surface area contributed by atoms with Crippen LogP contribution in [0.4, 0.5) is 0 Å². The van der Waals surface area contributed by atoms with E-state index in [0.29, 0.717) is 23.4 Å². The molecular weight excluding hydrogens is 568 g/mol. The smallest absolute Gasteiger partial charge is 0.227 e. The minimum absolute atomic E-state index is 0.581. The largest absolute Gasteiger partial charge is 0.456 e. The Morgan fingerprint density at radius 1 is 0.370 bits per heavy atom. The maximum absolute atomic E-state index is 6.38. The first kappa shape index (κ1) is 26.0. The van der Waals surface area contributed by atoms with Crippen molar-refractivity contribution in [3.63, 3.8) is 0 Å². The first-order valence-corrected chi connectivity index (χ1v) is 15.1. The van der Waals surface area contributed by atoms with Crippen LogP contribution in [0.1, 0.15) is 0 Å². The Bertz CT molecular complexity index is 2460. The number of benzene rings is 6. The third-order valence-electron chi connectivity index (χ3n) is 8.19. The second kappa shape index (κ2) is 10.6. The maximum Gasteiger partial charge on any atom is 0.227 e. The molecule has 0 bridgehead atoms. The Balaban J connectivity index is 1.24. The predicted octanol–water partition coefficient (Wildman–Crippen LogP) is 10.2. The molecule has 0 aliphatic carbocycles. The van der Waals surface area contributed by atoms with Gasteiger partial charge in [0.2, 0.25) is 5.89 Å². The normalized spacial score (nSPS) is 11.5. The lowest BCUT2D eigenvalue weighted by atomic mass is 9.99. The molecule has 0 N–H and O–H groups in total. The highest BCUT2D eigenvalue weighted by Crippen LogP contribution is 2.40. The molecule has 9 aromatic rings. The highest BCUT2D eigenvalue weighted by Gasteiger charge is 2.19. The van der Waals surface area contributed by atoms with Crippen LogP contribution >= 0.6 is 0 Å². The van der Waals surface area contributed by atoms with Crippen molar-refractivity contribution >= 4 is 33.0 Å². The molecular formula is C40H24N4O2. The molecule has 0 aliphatic heterocycles. The molecule has 6 heteroatoms. The maximum atomic E-state index is 6.38. The zero-order chi connectivity index (χ0) is 30.5. The minimum Gasteiger partial charge on any atom is -0.456 e. The van der Waals surface area contributed by atoms with Gasteiger partial charge in [0.05, 0.1) is 0 Å². The third kappa shape index (κ3) is 4.43. The van der Waals surface area contributed by atoms with Crippen LogP contribution in [0, 0.1) is 0 Å². The van der Waals surface area contributed by atoms with Gasteiger partial charge in [0.25, 0.3) is 0 Å². The van der Waals surface area contributed by atoms with Gasteiger partial charge >= 0.3 is 0 Å². The van der Waals surface area contributed by atoms with Crippen molar-refractivity contribution in [1.29, 1.82) is 0 Å². The summed E-state index contributed by atoms with van der Waals surface area (Å²) in [5, 5.41) is 1.91. The van der Waals surface area contributed by atoms with Gasteiger partial charge in [-0.3, -0.25) is 0 Å². The molecule has 46 heavy (non-hydrogen) atoms. The lowest BCUT2D eigenvalue weighted by Crippen LogP contribution is -2.00. The first-order valence-electron chi connectivity index (χ1n) is 15.1. The molecule has 0 saturated heterocycles. The molecule has 0 saturated carbocycles. The Morgan fingerprint density at radius 2 is 0.957 bits per heavy atom. The molecule has 216 valence electrons. The zero-order valence-electron chi connectivity index (χ0n) is 24.5. The second-order valence-corrected chi connectivity index (χ2v) is 11.1. The molecule has 0 aliphatic rings.